The Morgan fingerprint density at radius 3 is 2.40 bits per heavy atom. The number of rotatable bonds is 11. The highest BCUT2D eigenvalue weighted by Gasteiger charge is 2.12. The number of hydrogen-bond acceptors (Lipinski definition) is 2. The van der Waals surface area contributed by atoms with E-state index >= 15 is 0 Å². The molecule has 0 bridgehead atoms. The Hall–Kier alpha value is -1.29. The molecule has 1 heterocycles. The third kappa shape index (κ3) is 6.50. The molecule has 1 N–H and O–H groups in total. The van der Waals surface area contributed by atoms with E-state index in [-0.39, 0.29) is 0 Å². The second-order valence-electron chi connectivity index (χ2n) is 7.17. The summed E-state index contributed by atoms with van der Waals surface area (Å²) in [6, 6.07) is 8.51. The van der Waals surface area contributed by atoms with Crippen LogP contribution in [-0.4, -0.2) is 16.1 Å². The Kier molecular flexibility index (Phi) is 8.53. The zero-order chi connectivity index (χ0) is 18.1. The molecule has 0 spiro atoms. The summed E-state index contributed by atoms with van der Waals surface area (Å²) in [6.45, 7) is 8.70. The molecule has 0 saturated heterocycles. The number of nitrogens with one attached hydrogen (secondary N) is 1. The number of aromatic nitrogens is 2. The number of benzene rings is 1. The number of nitrogens with zero attached hydrogens (tertiary/aromatic N) is 2. The molecule has 0 saturated carbocycles. The second-order valence-corrected chi connectivity index (χ2v) is 8.08. The van der Waals surface area contributed by atoms with Gasteiger partial charge in [-0.2, -0.15) is 0 Å². The number of halogens is 1. The van der Waals surface area contributed by atoms with E-state index in [0.717, 1.165) is 23.5 Å². The van der Waals surface area contributed by atoms with E-state index < -0.39 is 0 Å². The molecule has 0 aliphatic rings. The summed E-state index contributed by atoms with van der Waals surface area (Å²) in [5.74, 6) is 1.61. The van der Waals surface area contributed by atoms with Gasteiger partial charge in [-0.1, -0.05) is 80.9 Å². The third-order valence-corrected chi connectivity index (χ3v) is 4.93. The lowest BCUT2D eigenvalue weighted by Crippen LogP contribution is -2.13. The fraction of sp³-hybridized carbons (Fsp3) is 0.571. The Morgan fingerprint density at radius 2 is 1.72 bits per heavy atom. The van der Waals surface area contributed by atoms with Crippen molar-refractivity contribution in [3.8, 4) is 11.3 Å². The van der Waals surface area contributed by atoms with Crippen LogP contribution >= 0.6 is 15.9 Å². The van der Waals surface area contributed by atoms with Gasteiger partial charge in [0.2, 0.25) is 5.95 Å². The van der Waals surface area contributed by atoms with Crippen molar-refractivity contribution in [2.75, 3.05) is 11.9 Å². The van der Waals surface area contributed by atoms with E-state index in [0.29, 0.717) is 5.92 Å². The van der Waals surface area contributed by atoms with Gasteiger partial charge in [0.25, 0.3) is 0 Å². The summed E-state index contributed by atoms with van der Waals surface area (Å²) < 4.78 is 3.46. The normalized spacial score (nSPS) is 11.2. The number of anilines is 1. The minimum atomic E-state index is 0.607. The molecule has 0 amide bonds. The highest BCUT2D eigenvalue weighted by Crippen LogP contribution is 2.26. The van der Waals surface area contributed by atoms with Crippen LogP contribution in [0.1, 0.15) is 59.3 Å². The van der Waals surface area contributed by atoms with Crippen molar-refractivity contribution in [3.05, 3.63) is 34.9 Å². The zero-order valence-electron chi connectivity index (χ0n) is 15.9. The van der Waals surface area contributed by atoms with Crippen LogP contribution in [0.4, 0.5) is 5.95 Å². The van der Waals surface area contributed by atoms with Gasteiger partial charge < -0.3 is 9.88 Å². The maximum Gasteiger partial charge on any atom is 0.203 e. The second kappa shape index (κ2) is 10.6. The summed E-state index contributed by atoms with van der Waals surface area (Å²) in [7, 11) is 0. The Morgan fingerprint density at radius 1 is 1.04 bits per heavy atom. The largest absolute Gasteiger partial charge is 0.355 e. The quantitative estimate of drug-likeness (QED) is 0.419. The summed E-state index contributed by atoms with van der Waals surface area (Å²) in [5.41, 5.74) is 2.42. The van der Waals surface area contributed by atoms with Crippen molar-refractivity contribution in [1.82, 2.24) is 9.55 Å². The van der Waals surface area contributed by atoms with Crippen LogP contribution in [0.5, 0.6) is 0 Å². The average Bonchev–Trinajstić information content (AvgIpc) is 2.99. The molecule has 3 nitrogen and oxygen atoms in total. The van der Waals surface area contributed by atoms with E-state index in [1.54, 1.807) is 0 Å². The average molecular weight is 406 g/mol. The maximum absolute atomic E-state index is 4.66. The Bertz CT molecular complexity index is 617. The molecule has 0 aliphatic heterocycles. The SMILES string of the molecule is CCCCCCCCn1c(-c2ccc(Br)cc2)cnc1NCC(C)C. The number of imidazole rings is 1. The highest BCUT2D eigenvalue weighted by atomic mass is 79.9. The van der Waals surface area contributed by atoms with E-state index in [2.05, 4.69) is 75.8 Å². The minimum Gasteiger partial charge on any atom is -0.355 e. The molecule has 1 aromatic carbocycles. The van der Waals surface area contributed by atoms with Crippen LogP contribution in [0.15, 0.2) is 34.9 Å². The van der Waals surface area contributed by atoms with Crippen LogP contribution in [0.2, 0.25) is 0 Å². The van der Waals surface area contributed by atoms with Crippen LogP contribution in [0.25, 0.3) is 11.3 Å². The molecule has 2 rings (SSSR count). The summed E-state index contributed by atoms with van der Waals surface area (Å²) in [5, 5.41) is 3.52. The van der Waals surface area contributed by atoms with Crippen LogP contribution < -0.4 is 5.32 Å². The molecule has 0 aliphatic carbocycles. The van der Waals surface area contributed by atoms with Gasteiger partial charge in [-0.3, -0.25) is 0 Å². The van der Waals surface area contributed by atoms with Crippen molar-refractivity contribution in [1.29, 1.82) is 0 Å². The molecular formula is C21H32BrN3. The smallest absolute Gasteiger partial charge is 0.203 e. The summed E-state index contributed by atoms with van der Waals surface area (Å²) >= 11 is 3.52. The van der Waals surface area contributed by atoms with Crippen LogP contribution in [0, 0.1) is 5.92 Å². The predicted octanol–water partition coefficient (Wildman–Crippen LogP) is 6.74. The molecule has 138 valence electrons. The first-order valence-electron chi connectivity index (χ1n) is 9.67. The molecular weight excluding hydrogens is 374 g/mol. The monoisotopic (exact) mass is 405 g/mol. The van der Waals surface area contributed by atoms with Crippen molar-refractivity contribution in [2.24, 2.45) is 5.92 Å². The third-order valence-electron chi connectivity index (χ3n) is 4.40. The zero-order valence-corrected chi connectivity index (χ0v) is 17.5. The van der Waals surface area contributed by atoms with E-state index in [1.165, 1.54) is 49.8 Å². The lowest BCUT2D eigenvalue weighted by Gasteiger charge is -2.14. The van der Waals surface area contributed by atoms with Crippen molar-refractivity contribution in [3.63, 3.8) is 0 Å². The van der Waals surface area contributed by atoms with Gasteiger partial charge >= 0.3 is 0 Å². The molecule has 2 aromatic rings. The van der Waals surface area contributed by atoms with Gasteiger partial charge in [0, 0.05) is 17.6 Å². The molecule has 0 atom stereocenters. The van der Waals surface area contributed by atoms with Crippen LogP contribution in [0.3, 0.4) is 0 Å². The first kappa shape index (κ1) is 20.0. The maximum atomic E-state index is 4.66. The Balaban J connectivity index is 2.08. The lowest BCUT2D eigenvalue weighted by molar-refractivity contribution is 0.560. The van der Waals surface area contributed by atoms with Gasteiger partial charge in [-0.05, 0) is 30.0 Å². The van der Waals surface area contributed by atoms with Crippen LogP contribution in [-0.2, 0) is 6.54 Å². The molecule has 0 fully saturated rings. The van der Waals surface area contributed by atoms with Gasteiger partial charge in [-0.25, -0.2) is 4.98 Å². The van der Waals surface area contributed by atoms with Crippen molar-refractivity contribution < 1.29 is 0 Å². The van der Waals surface area contributed by atoms with Gasteiger partial charge in [-0.15, -0.1) is 0 Å². The minimum absolute atomic E-state index is 0.607. The van der Waals surface area contributed by atoms with E-state index in [9.17, 15) is 0 Å². The van der Waals surface area contributed by atoms with Gasteiger partial charge in [0.15, 0.2) is 0 Å². The predicted molar refractivity (Wildman–Crippen MR) is 112 cm³/mol. The molecule has 0 radical (unpaired) electrons. The molecule has 4 heteroatoms. The van der Waals surface area contributed by atoms with Gasteiger partial charge in [0.05, 0.1) is 11.9 Å². The molecule has 0 unspecified atom stereocenters. The standard InChI is InChI=1S/C21H32BrN3/c1-4-5-6-7-8-9-14-25-20(18-10-12-19(22)13-11-18)16-24-21(25)23-15-17(2)3/h10-13,16-17H,4-9,14-15H2,1-3H3,(H,23,24). The van der Waals surface area contributed by atoms with E-state index in [1.807, 2.05) is 6.20 Å². The van der Waals surface area contributed by atoms with Gasteiger partial charge in [0.1, 0.15) is 0 Å². The molecule has 25 heavy (non-hydrogen) atoms. The number of unbranched alkanes of at least 4 members (excludes halogenated alkanes) is 5. The van der Waals surface area contributed by atoms with Crippen molar-refractivity contribution in [2.45, 2.75) is 65.8 Å². The fourth-order valence-corrected chi connectivity index (χ4v) is 3.20. The Labute approximate surface area is 161 Å². The fourth-order valence-electron chi connectivity index (χ4n) is 2.94. The molecule has 1 aromatic heterocycles. The first-order chi connectivity index (χ1) is 12.1. The van der Waals surface area contributed by atoms with Crippen molar-refractivity contribution >= 4 is 21.9 Å². The van der Waals surface area contributed by atoms with E-state index in [4.69, 9.17) is 0 Å². The topological polar surface area (TPSA) is 29.9 Å². The summed E-state index contributed by atoms with van der Waals surface area (Å²) in [6.07, 6.45) is 9.86. The number of hydrogen-bond donors (Lipinski definition) is 1. The highest BCUT2D eigenvalue weighted by molar-refractivity contribution is 9.10. The lowest BCUT2D eigenvalue weighted by atomic mass is 10.1. The first-order valence-corrected chi connectivity index (χ1v) is 10.5. The summed E-state index contributed by atoms with van der Waals surface area (Å²) in [4.78, 5) is 4.66.